The van der Waals surface area contributed by atoms with Crippen LogP contribution in [0.4, 0.5) is 13.2 Å². The van der Waals surface area contributed by atoms with E-state index in [1.165, 1.54) is 0 Å². The lowest BCUT2D eigenvalue weighted by molar-refractivity contribution is -0.139. The molecule has 0 saturated carbocycles. The zero-order valence-electron chi connectivity index (χ0n) is 21.0. The van der Waals surface area contributed by atoms with E-state index in [2.05, 4.69) is 9.88 Å². The molecule has 0 spiro atoms. The fraction of sp³-hybridized carbons (Fsp3) is 0.393. The number of rotatable bonds is 11. The van der Waals surface area contributed by atoms with Gasteiger partial charge in [-0.05, 0) is 61.6 Å². The van der Waals surface area contributed by atoms with Crippen molar-refractivity contribution in [3.63, 3.8) is 0 Å². The van der Waals surface area contributed by atoms with E-state index in [-0.39, 0.29) is 35.4 Å². The maximum absolute atomic E-state index is 13.9. The van der Waals surface area contributed by atoms with Gasteiger partial charge in [0.1, 0.15) is 11.6 Å². The number of methoxy groups -OCH3 is 1. The number of aromatic nitrogens is 1. The maximum atomic E-state index is 13.9. The molecule has 3 aromatic rings. The number of likely N-dealkylation sites (tertiary alicyclic amines) is 1. The number of fused-ring (bicyclic) bond motifs is 1. The number of benzene rings is 2. The van der Waals surface area contributed by atoms with Crippen LogP contribution in [0.2, 0.25) is 0 Å². The summed E-state index contributed by atoms with van der Waals surface area (Å²) in [5, 5.41) is 10.2. The van der Waals surface area contributed by atoms with Crippen LogP contribution in [0.5, 0.6) is 5.75 Å². The van der Waals surface area contributed by atoms with Crippen LogP contribution < -0.4 is 4.74 Å². The number of carbonyl (C=O) groups excluding carboxylic acids is 1. The number of hydrogen-bond acceptors (Lipinski definition) is 6. The van der Waals surface area contributed by atoms with E-state index in [0.29, 0.717) is 54.7 Å². The molecule has 2 heterocycles. The molecule has 2 aromatic carbocycles. The normalized spacial score (nSPS) is 18.0. The third kappa shape index (κ3) is 6.85. The zero-order chi connectivity index (χ0) is 27.2. The Morgan fingerprint density at radius 1 is 1.16 bits per heavy atom. The lowest BCUT2D eigenvalue weighted by atomic mass is 9.79. The predicted molar refractivity (Wildman–Crippen MR) is 139 cm³/mol. The lowest BCUT2D eigenvalue weighted by Gasteiger charge is -2.38. The van der Waals surface area contributed by atoms with E-state index < -0.39 is 23.4 Å². The number of nitrogens with zero attached hydrogens (tertiary/aromatic N) is 2. The molecular weight excluding hydrogens is 517 g/mol. The second-order valence-corrected chi connectivity index (χ2v) is 10.6. The average molecular weight is 547 g/mol. The van der Waals surface area contributed by atoms with Crippen molar-refractivity contribution in [2.75, 3.05) is 32.5 Å². The molecule has 0 aliphatic carbocycles. The Labute approximate surface area is 223 Å². The second kappa shape index (κ2) is 12.6. The van der Waals surface area contributed by atoms with Gasteiger partial charge in [0, 0.05) is 59.8 Å². The summed E-state index contributed by atoms with van der Waals surface area (Å²) in [6.45, 7) is 1.75. The molecule has 1 saturated heterocycles. The fourth-order valence-electron chi connectivity index (χ4n) is 5.06. The van der Waals surface area contributed by atoms with Crippen molar-refractivity contribution >= 4 is 34.4 Å². The van der Waals surface area contributed by atoms with Crippen molar-refractivity contribution in [3.05, 3.63) is 65.6 Å². The molecule has 38 heavy (non-hydrogen) atoms. The standard InChI is InChI=1S/C28H29F3N2O4S/c1-37-20-3-4-24-22(15-20)21(6-8-32-24)25(34)5-2-17-7-9-33(16-18(17)12-27(35)36)10-11-38-26-14-19(29)13-23(30)28(26)31/h3-4,6,8,13-15,17-18H,2,5,7,9-12,16H2,1H3,(H,35,36). The summed E-state index contributed by atoms with van der Waals surface area (Å²) in [4.78, 5) is 31.1. The van der Waals surface area contributed by atoms with E-state index in [9.17, 15) is 27.9 Å². The van der Waals surface area contributed by atoms with E-state index in [1.54, 1.807) is 37.6 Å². The van der Waals surface area contributed by atoms with Crippen molar-refractivity contribution < 1.29 is 32.6 Å². The quantitative estimate of drug-likeness (QED) is 0.184. The van der Waals surface area contributed by atoms with Gasteiger partial charge >= 0.3 is 5.97 Å². The molecule has 0 amide bonds. The van der Waals surface area contributed by atoms with Gasteiger partial charge in [0.25, 0.3) is 0 Å². The number of Topliss-reactive ketones (excluding diaryl/α,β-unsaturated/α-hetero) is 1. The summed E-state index contributed by atoms with van der Waals surface area (Å²) < 4.78 is 46.1. The first-order valence-electron chi connectivity index (χ1n) is 12.4. The predicted octanol–water partition coefficient (Wildman–Crippen LogP) is 5.83. The van der Waals surface area contributed by atoms with Crippen molar-refractivity contribution in [1.29, 1.82) is 0 Å². The van der Waals surface area contributed by atoms with Crippen LogP contribution in [0.3, 0.4) is 0 Å². The molecule has 2 unspecified atom stereocenters. The molecule has 0 bridgehead atoms. The van der Waals surface area contributed by atoms with Gasteiger partial charge in [-0.15, -0.1) is 11.8 Å². The molecule has 10 heteroatoms. The molecule has 1 N–H and O–H groups in total. The zero-order valence-corrected chi connectivity index (χ0v) is 21.8. The number of carboxylic acid groups (broad SMARTS) is 1. The van der Waals surface area contributed by atoms with Crippen molar-refractivity contribution in [2.24, 2.45) is 11.8 Å². The number of ether oxygens (including phenoxy) is 1. The van der Waals surface area contributed by atoms with Crippen LogP contribution in [0.25, 0.3) is 10.9 Å². The first kappa shape index (κ1) is 27.9. The molecule has 4 rings (SSSR count). The lowest BCUT2D eigenvalue weighted by Crippen LogP contribution is -2.42. The molecule has 6 nitrogen and oxygen atoms in total. The largest absolute Gasteiger partial charge is 0.497 e. The Kier molecular flexibility index (Phi) is 9.27. The Bertz CT molecular complexity index is 1320. The Morgan fingerprint density at radius 2 is 1.97 bits per heavy atom. The molecule has 1 fully saturated rings. The number of hydrogen-bond donors (Lipinski definition) is 1. The van der Waals surface area contributed by atoms with Gasteiger partial charge in [0.05, 0.1) is 12.6 Å². The van der Waals surface area contributed by atoms with Gasteiger partial charge < -0.3 is 14.7 Å². The second-order valence-electron chi connectivity index (χ2n) is 9.46. The molecule has 1 aliphatic rings. The summed E-state index contributed by atoms with van der Waals surface area (Å²) in [5.74, 6) is -3.07. The minimum Gasteiger partial charge on any atom is -0.497 e. The van der Waals surface area contributed by atoms with Gasteiger partial charge in [-0.1, -0.05) is 0 Å². The van der Waals surface area contributed by atoms with Crippen molar-refractivity contribution in [1.82, 2.24) is 9.88 Å². The van der Waals surface area contributed by atoms with Gasteiger partial charge in [-0.3, -0.25) is 14.6 Å². The van der Waals surface area contributed by atoms with Crippen LogP contribution in [-0.2, 0) is 4.79 Å². The Hall–Kier alpha value is -3.11. The Balaban J connectivity index is 1.36. The highest BCUT2D eigenvalue weighted by atomic mass is 32.2. The monoisotopic (exact) mass is 546 g/mol. The molecule has 2 atom stereocenters. The third-order valence-electron chi connectivity index (χ3n) is 7.03. The molecule has 1 aromatic heterocycles. The highest BCUT2D eigenvalue weighted by Gasteiger charge is 2.31. The Morgan fingerprint density at radius 3 is 2.74 bits per heavy atom. The minimum atomic E-state index is -1.22. The summed E-state index contributed by atoms with van der Waals surface area (Å²) in [6.07, 6.45) is 3.18. The fourth-order valence-corrected chi connectivity index (χ4v) is 6.05. The first-order valence-corrected chi connectivity index (χ1v) is 13.4. The number of piperidine rings is 1. The van der Waals surface area contributed by atoms with Crippen LogP contribution in [0, 0.1) is 29.3 Å². The van der Waals surface area contributed by atoms with Crippen molar-refractivity contribution in [2.45, 2.75) is 30.6 Å². The number of pyridine rings is 1. The van der Waals surface area contributed by atoms with Crippen LogP contribution in [0.1, 0.15) is 36.0 Å². The van der Waals surface area contributed by atoms with E-state index >= 15 is 0 Å². The van der Waals surface area contributed by atoms with E-state index in [4.69, 9.17) is 4.74 Å². The van der Waals surface area contributed by atoms with Crippen molar-refractivity contribution in [3.8, 4) is 5.75 Å². The van der Waals surface area contributed by atoms with Crippen LogP contribution >= 0.6 is 11.8 Å². The highest BCUT2D eigenvalue weighted by Crippen LogP contribution is 2.32. The number of halogens is 3. The molecule has 1 aliphatic heterocycles. The maximum Gasteiger partial charge on any atom is 0.303 e. The summed E-state index contributed by atoms with van der Waals surface area (Å²) in [5.41, 5.74) is 1.27. The summed E-state index contributed by atoms with van der Waals surface area (Å²) in [6, 6.07) is 8.58. The summed E-state index contributed by atoms with van der Waals surface area (Å²) >= 11 is 1.03. The highest BCUT2D eigenvalue weighted by molar-refractivity contribution is 7.99. The number of aliphatic carboxylic acids is 1. The smallest absolute Gasteiger partial charge is 0.303 e. The number of carboxylic acids is 1. The number of carbonyl (C=O) groups is 2. The average Bonchev–Trinajstić information content (AvgIpc) is 2.89. The van der Waals surface area contributed by atoms with Gasteiger partial charge in [0.2, 0.25) is 0 Å². The van der Waals surface area contributed by atoms with Gasteiger partial charge in [0.15, 0.2) is 17.4 Å². The first-order chi connectivity index (χ1) is 18.2. The number of ketones is 1. The van der Waals surface area contributed by atoms with Crippen LogP contribution in [-0.4, -0.2) is 59.2 Å². The topological polar surface area (TPSA) is 79.7 Å². The SMILES string of the molecule is COc1ccc2nccc(C(=O)CCC3CCN(CCSc4cc(F)cc(F)c4F)CC3CC(=O)O)c2c1. The van der Waals surface area contributed by atoms with Crippen LogP contribution in [0.15, 0.2) is 47.5 Å². The summed E-state index contributed by atoms with van der Waals surface area (Å²) in [7, 11) is 1.56. The molecular formula is C28H29F3N2O4S. The van der Waals surface area contributed by atoms with E-state index in [1.807, 2.05) is 0 Å². The minimum absolute atomic E-state index is 0.0123. The molecule has 202 valence electrons. The van der Waals surface area contributed by atoms with Gasteiger partial charge in [-0.2, -0.15) is 0 Å². The number of thioether (sulfide) groups is 1. The third-order valence-corrected chi connectivity index (χ3v) is 8.02. The van der Waals surface area contributed by atoms with Gasteiger partial charge in [-0.25, -0.2) is 13.2 Å². The molecule has 0 radical (unpaired) electrons. The van der Waals surface area contributed by atoms with E-state index in [0.717, 1.165) is 29.6 Å².